The molecule has 0 radical (unpaired) electrons. The van der Waals surface area contributed by atoms with Crippen molar-refractivity contribution in [1.29, 1.82) is 0 Å². The van der Waals surface area contributed by atoms with Crippen molar-refractivity contribution < 1.29 is 0 Å². The molecule has 2 nitrogen and oxygen atoms in total. The number of hydrogen-bond donors (Lipinski definition) is 2. The quantitative estimate of drug-likeness (QED) is 0.776. The third-order valence-electron chi connectivity index (χ3n) is 2.34. The molecule has 0 saturated carbocycles. The van der Waals surface area contributed by atoms with Crippen molar-refractivity contribution in [2.75, 3.05) is 11.1 Å². The van der Waals surface area contributed by atoms with E-state index in [0.717, 1.165) is 17.9 Å². The van der Waals surface area contributed by atoms with Gasteiger partial charge in [-0.15, -0.1) is 11.3 Å². The number of nitrogen functional groups attached to an aromatic ring is 1. The van der Waals surface area contributed by atoms with Gasteiger partial charge in [0.15, 0.2) is 0 Å². The van der Waals surface area contributed by atoms with Crippen LogP contribution in [0, 0.1) is 6.92 Å². The summed E-state index contributed by atoms with van der Waals surface area (Å²) in [6.45, 7) is 3.00. The molecule has 3 N–H and O–H groups in total. The van der Waals surface area contributed by atoms with E-state index in [-0.39, 0.29) is 0 Å². The molecule has 1 heterocycles. The van der Waals surface area contributed by atoms with Gasteiger partial charge in [0.1, 0.15) is 0 Å². The lowest BCUT2D eigenvalue weighted by Gasteiger charge is -2.06. The van der Waals surface area contributed by atoms with E-state index in [1.165, 1.54) is 10.4 Å². The fourth-order valence-electron chi connectivity index (χ4n) is 1.44. The number of hydrogen-bond acceptors (Lipinski definition) is 3. The molecule has 2 rings (SSSR count). The van der Waals surface area contributed by atoms with Gasteiger partial charge >= 0.3 is 0 Å². The number of nitrogens with two attached hydrogens (primary N) is 1. The molecule has 3 heteroatoms. The summed E-state index contributed by atoms with van der Waals surface area (Å²) < 4.78 is 0. The fraction of sp³-hybridized carbons (Fsp3) is 0.167. The van der Waals surface area contributed by atoms with Gasteiger partial charge in [-0.05, 0) is 42.1 Å². The Morgan fingerprint density at radius 1 is 1.33 bits per heavy atom. The molecular formula is C12H14N2S. The van der Waals surface area contributed by atoms with Gasteiger partial charge in [0.05, 0.1) is 0 Å². The predicted molar refractivity (Wildman–Crippen MR) is 67.2 cm³/mol. The van der Waals surface area contributed by atoms with E-state index in [0.29, 0.717) is 0 Å². The van der Waals surface area contributed by atoms with Gasteiger partial charge in [-0.25, -0.2) is 0 Å². The van der Waals surface area contributed by atoms with E-state index in [4.69, 9.17) is 5.73 Å². The van der Waals surface area contributed by atoms with E-state index < -0.39 is 0 Å². The summed E-state index contributed by atoms with van der Waals surface area (Å²) in [5.74, 6) is 0. The molecule has 0 aliphatic rings. The smallest absolute Gasteiger partial charge is 0.0411 e. The van der Waals surface area contributed by atoms with Crippen molar-refractivity contribution in [3.05, 3.63) is 46.2 Å². The maximum atomic E-state index is 5.70. The van der Waals surface area contributed by atoms with Crippen molar-refractivity contribution in [2.45, 2.75) is 13.5 Å². The minimum absolute atomic E-state index is 0.794. The highest BCUT2D eigenvalue weighted by Crippen LogP contribution is 2.18. The zero-order valence-corrected chi connectivity index (χ0v) is 9.47. The molecule has 0 fully saturated rings. The van der Waals surface area contributed by atoms with Crippen molar-refractivity contribution in [1.82, 2.24) is 0 Å². The molecule has 2 aromatic rings. The van der Waals surface area contributed by atoms with Crippen LogP contribution in [0.3, 0.4) is 0 Å². The van der Waals surface area contributed by atoms with Gasteiger partial charge in [0.2, 0.25) is 0 Å². The summed E-state index contributed by atoms with van der Waals surface area (Å²) in [5, 5.41) is 5.47. The van der Waals surface area contributed by atoms with Gasteiger partial charge in [-0.1, -0.05) is 6.07 Å². The third kappa shape index (κ3) is 2.50. The summed E-state index contributed by atoms with van der Waals surface area (Å²) >= 11 is 1.78. The lowest BCUT2D eigenvalue weighted by Crippen LogP contribution is -1.99. The zero-order valence-electron chi connectivity index (χ0n) is 8.66. The Balaban J connectivity index is 2.02. The number of benzene rings is 1. The molecule has 0 unspecified atom stereocenters. The number of thiophene rings is 1. The second-order valence-corrected chi connectivity index (χ2v) is 4.60. The highest BCUT2D eigenvalue weighted by atomic mass is 32.1. The Hall–Kier alpha value is -1.48. The first-order valence-electron chi connectivity index (χ1n) is 4.88. The maximum absolute atomic E-state index is 5.70. The second-order valence-electron chi connectivity index (χ2n) is 3.48. The SMILES string of the molecule is Cc1sccc1CNc1cccc(N)c1. The molecule has 78 valence electrons. The van der Waals surface area contributed by atoms with Crippen LogP contribution in [-0.2, 0) is 6.54 Å². The molecule has 0 saturated heterocycles. The lowest BCUT2D eigenvalue weighted by atomic mass is 10.2. The lowest BCUT2D eigenvalue weighted by molar-refractivity contribution is 1.14. The van der Waals surface area contributed by atoms with Crippen LogP contribution < -0.4 is 11.1 Å². The highest BCUT2D eigenvalue weighted by molar-refractivity contribution is 7.10. The first kappa shape index (κ1) is 10.1. The molecule has 0 aliphatic carbocycles. The summed E-state index contributed by atoms with van der Waals surface area (Å²) in [4.78, 5) is 1.37. The third-order valence-corrected chi connectivity index (χ3v) is 3.22. The molecule has 0 atom stereocenters. The molecule has 15 heavy (non-hydrogen) atoms. The van der Waals surface area contributed by atoms with Crippen LogP contribution in [-0.4, -0.2) is 0 Å². The van der Waals surface area contributed by atoms with Crippen molar-refractivity contribution in [2.24, 2.45) is 0 Å². The van der Waals surface area contributed by atoms with Crippen LogP contribution in [0.1, 0.15) is 10.4 Å². The number of rotatable bonds is 3. The highest BCUT2D eigenvalue weighted by Gasteiger charge is 1.99. The minimum atomic E-state index is 0.794. The zero-order chi connectivity index (χ0) is 10.7. The van der Waals surface area contributed by atoms with E-state index in [9.17, 15) is 0 Å². The van der Waals surface area contributed by atoms with Gasteiger partial charge in [-0.3, -0.25) is 0 Å². The van der Waals surface area contributed by atoms with Gasteiger partial charge in [0.25, 0.3) is 0 Å². The molecule has 0 bridgehead atoms. The van der Waals surface area contributed by atoms with Gasteiger partial charge < -0.3 is 11.1 Å². The van der Waals surface area contributed by atoms with Crippen molar-refractivity contribution in [3.63, 3.8) is 0 Å². The first-order chi connectivity index (χ1) is 7.25. The number of aryl methyl sites for hydroxylation is 1. The normalized spacial score (nSPS) is 10.2. The summed E-state index contributed by atoms with van der Waals surface area (Å²) in [6, 6.07) is 9.97. The van der Waals surface area contributed by atoms with Crippen LogP contribution in [0.4, 0.5) is 11.4 Å². The first-order valence-corrected chi connectivity index (χ1v) is 5.76. The summed E-state index contributed by atoms with van der Waals surface area (Å²) in [5.41, 5.74) is 8.91. The Morgan fingerprint density at radius 3 is 2.87 bits per heavy atom. The molecule has 0 spiro atoms. The fourth-order valence-corrected chi connectivity index (χ4v) is 2.17. The minimum Gasteiger partial charge on any atom is -0.399 e. The van der Waals surface area contributed by atoms with E-state index in [1.807, 2.05) is 24.3 Å². The van der Waals surface area contributed by atoms with Crippen LogP contribution in [0.5, 0.6) is 0 Å². The average molecular weight is 218 g/mol. The van der Waals surface area contributed by atoms with Crippen molar-refractivity contribution in [3.8, 4) is 0 Å². The van der Waals surface area contributed by atoms with Gasteiger partial charge in [-0.2, -0.15) is 0 Å². The van der Waals surface area contributed by atoms with E-state index >= 15 is 0 Å². The summed E-state index contributed by atoms with van der Waals surface area (Å²) in [7, 11) is 0. The van der Waals surface area contributed by atoms with Crippen LogP contribution in [0.25, 0.3) is 0 Å². The summed E-state index contributed by atoms with van der Waals surface area (Å²) in [6.07, 6.45) is 0. The van der Waals surface area contributed by atoms with E-state index in [1.54, 1.807) is 11.3 Å². The topological polar surface area (TPSA) is 38.0 Å². The Bertz CT molecular complexity index is 448. The molecule has 1 aromatic carbocycles. The molecule has 0 aliphatic heterocycles. The predicted octanol–water partition coefficient (Wildman–Crippen LogP) is 3.25. The monoisotopic (exact) mass is 218 g/mol. The Kier molecular flexibility index (Phi) is 2.92. The van der Waals surface area contributed by atoms with Crippen LogP contribution in [0.2, 0.25) is 0 Å². The Labute approximate surface area is 93.7 Å². The molecule has 0 amide bonds. The van der Waals surface area contributed by atoms with E-state index in [2.05, 4.69) is 23.7 Å². The maximum Gasteiger partial charge on any atom is 0.0411 e. The van der Waals surface area contributed by atoms with Crippen LogP contribution >= 0.6 is 11.3 Å². The second kappa shape index (κ2) is 4.36. The average Bonchev–Trinajstić information content (AvgIpc) is 2.61. The van der Waals surface area contributed by atoms with Gasteiger partial charge in [0, 0.05) is 22.8 Å². The van der Waals surface area contributed by atoms with Crippen molar-refractivity contribution >= 4 is 22.7 Å². The number of anilines is 2. The Morgan fingerprint density at radius 2 is 2.20 bits per heavy atom. The largest absolute Gasteiger partial charge is 0.399 e. The molecule has 1 aromatic heterocycles. The van der Waals surface area contributed by atoms with Crippen LogP contribution in [0.15, 0.2) is 35.7 Å². The molecular weight excluding hydrogens is 204 g/mol. The number of nitrogens with one attached hydrogen (secondary N) is 1. The standard InChI is InChI=1S/C12H14N2S/c1-9-10(5-6-15-9)8-14-12-4-2-3-11(13)7-12/h2-7,14H,8,13H2,1H3.